The van der Waals surface area contributed by atoms with Crippen molar-refractivity contribution < 1.29 is 29.1 Å². The number of carboxylic acid groups (broad SMARTS) is 1. The van der Waals surface area contributed by atoms with Gasteiger partial charge in [-0.3, -0.25) is 4.79 Å². The predicted molar refractivity (Wildman–Crippen MR) is 110 cm³/mol. The predicted octanol–water partition coefficient (Wildman–Crippen LogP) is 4.49. The summed E-state index contributed by atoms with van der Waals surface area (Å²) in [5.74, 6) is -0.653. The van der Waals surface area contributed by atoms with E-state index in [9.17, 15) is 4.79 Å². The van der Waals surface area contributed by atoms with Crippen LogP contribution in [-0.2, 0) is 9.36 Å². The number of carboxylic acids is 1. The zero-order valence-electron chi connectivity index (χ0n) is 15.9. The number of carbonyl (C=O) groups is 1. The maximum atomic E-state index is 10.3. The molecule has 0 aromatic carbocycles. The van der Waals surface area contributed by atoms with Gasteiger partial charge in [-0.1, -0.05) is 96.8 Å². The second-order valence-corrected chi connectivity index (χ2v) is 7.63. The Morgan fingerprint density at radius 2 is 0.885 bits per heavy atom. The van der Waals surface area contributed by atoms with Crippen LogP contribution in [0, 0.1) is 0 Å². The van der Waals surface area contributed by atoms with E-state index in [-0.39, 0.29) is 37.7 Å². The van der Waals surface area contributed by atoms with Crippen molar-refractivity contribution >= 4 is 51.5 Å². The van der Waals surface area contributed by atoms with Gasteiger partial charge in [0, 0.05) is 6.42 Å². The van der Waals surface area contributed by atoms with Crippen molar-refractivity contribution in [1.82, 2.24) is 0 Å². The van der Waals surface area contributed by atoms with Gasteiger partial charge in [0.15, 0.2) is 0 Å². The zero-order valence-corrected chi connectivity index (χ0v) is 16.8. The number of hydrogen-bond acceptors (Lipinski definition) is 2. The molecule has 0 saturated carbocycles. The van der Waals surface area contributed by atoms with E-state index in [1.807, 2.05) is 0 Å². The second-order valence-electron chi connectivity index (χ2n) is 6.61. The minimum absolute atomic E-state index is 0. The first kappa shape index (κ1) is 31.5. The Hall–Kier alpha value is 0.840. The quantitative estimate of drug-likeness (QED) is 0.165. The van der Waals surface area contributed by atoms with E-state index in [0.717, 1.165) is 12.8 Å². The molecular formula is C18H41CaO6P. The third-order valence-electron chi connectivity index (χ3n) is 3.99. The minimum atomic E-state index is -4.64. The average molecular weight is 425 g/mol. The molecule has 0 unspecified atom stereocenters. The number of aliphatic carboxylic acids is 1. The molecule has 0 aromatic heterocycles. The van der Waals surface area contributed by atoms with Crippen molar-refractivity contribution in [1.29, 1.82) is 0 Å². The summed E-state index contributed by atoms with van der Waals surface area (Å²) >= 11 is 0. The number of unbranched alkanes of at least 4 members (excludes halogenated alkanes) is 14. The summed E-state index contributed by atoms with van der Waals surface area (Å²) < 4.78 is 8.88. The molecule has 0 aromatic rings. The monoisotopic (exact) mass is 424 g/mol. The topological polar surface area (TPSA) is 115 Å². The Labute approximate surface area is 189 Å². The number of phosphoric acid groups is 1. The summed E-state index contributed by atoms with van der Waals surface area (Å²) in [5.41, 5.74) is 0. The standard InChI is InChI=1S/C18H36O2.Ca.H3O4P.2H/c1-2-3-4-5-6-7-8-9-10-11-12-13-14-15-16-17-18(19)20;;1-5(2,3)4;;/h2-17H2,1H3,(H,19,20);;(H3,1,2,3,4);;. The van der Waals surface area contributed by atoms with Crippen LogP contribution in [0.1, 0.15) is 110 Å². The van der Waals surface area contributed by atoms with Crippen LogP contribution in [0.15, 0.2) is 0 Å². The maximum absolute atomic E-state index is 10.3. The Kier molecular flexibility index (Phi) is 29.0. The molecule has 4 N–H and O–H groups in total. The van der Waals surface area contributed by atoms with Crippen LogP contribution in [-0.4, -0.2) is 63.5 Å². The van der Waals surface area contributed by atoms with Crippen LogP contribution in [0.4, 0.5) is 0 Å². The van der Waals surface area contributed by atoms with Crippen LogP contribution < -0.4 is 0 Å². The van der Waals surface area contributed by atoms with Crippen LogP contribution in [0.25, 0.3) is 0 Å². The van der Waals surface area contributed by atoms with E-state index < -0.39 is 13.8 Å². The third-order valence-corrected chi connectivity index (χ3v) is 3.99. The van der Waals surface area contributed by atoms with E-state index in [1.165, 1.54) is 83.5 Å². The van der Waals surface area contributed by atoms with Crippen LogP contribution in [0.5, 0.6) is 0 Å². The molecule has 0 amide bonds. The normalized spacial score (nSPS) is 10.6. The number of rotatable bonds is 16. The van der Waals surface area contributed by atoms with Gasteiger partial charge in [0.25, 0.3) is 0 Å². The average Bonchev–Trinajstić information content (AvgIpc) is 2.49. The summed E-state index contributed by atoms with van der Waals surface area (Å²) in [5, 5.41) is 8.52. The van der Waals surface area contributed by atoms with Gasteiger partial charge in [-0.15, -0.1) is 0 Å². The fourth-order valence-corrected chi connectivity index (χ4v) is 2.65. The summed E-state index contributed by atoms with van der Waals surface area (Å²) in [4.78, 5) is 31.9. The van der Waals surface area contributed by atoms with Crippen molar-refractivity contribution in [2.45, 2.75) is 110 Å². The first-order valence-corrected chi connectivity index (χ1v) is 11.3. The zero-order chi connectivity index (χ0) is 19.4. The van der Waals surface area contributed by atoms with Crippen molar-refractivity contribution in [2.24, 2.45) is 0 Å². The summed E-state index contributed by atoms with van der Waals surface area (Å²) in [6.45, 7) is 2.27. The molecule has 0 heterocycles. The molecule has 0 spiro atoms. The van der Waals surface area contributed by atoms with Crippen LogP contribution in [0.2, 0.25) is 0 Å². The summed E-state index contributed by atoms with van der Waals surface area (Å²) in [6, 6.07) is 0. The molecule has 156 valence electrons. The molecule has 0 saturated heterocycles. The first-order valence-electron chi connectivity index (χ1n) is 9.77. The van der Waals surface area contributed by atoms with E-state index in [0.29, 0.717) is 6.42 Å². The van der Waals surface area contributed by atoms with Gasteiger partial charge in [0.05, 0.1) is 0 Å². The molecule has 0 aliphatic carbocycles. The van der Waals surface area contributed by atoms with Crippen molar-refractivity contribution in [3.05, 3.63) is 0 Å². The fourth-order valence-electron chi connectivity index (χ4n) is 2.65. The molecule has 0 rings (SSSR count). The van der Waals surface area contributed by atoms with Gasteiger partial charge in [0.2, 0.25) is 0 Å². The van der Waals surface area contributed by atoms with Gasteiger partial charge in [-0.05, 0) is 6.42 Å². The van der Waals surface area contributed by atoms with Gasteiger partial charge >= 0.3 is 51.5 Å². The molecule has 6 nitrogen and oxygen atoms in total. The third kappa shape index (κ3) is 44.4. The van der Waals surface area contributed by atoms with Gasteiger partial charge in [-0.25, -0.2) is 4.57 Å². The molecule has 0 aliphatic rings. The molecule has 0 aliphatic heterocycles. The SMILES string of the molecule is CCCCCCCCCCCCCCCCCC(=O)O.O=P(O)(O)O.[CaH2]. The first-order chi connectivity index (χ1) is 11.8. The fraction of sp³-hybridized carbons (Fsp3) is 0.944. The van der Waals surface area contributed by atoms with E-state index in [1.54, 1.807) is 0 Å². The van der Waals surface area contributed by atoms with Crippen molar-refractivity contribution in [3.63, 3.8) is 0 Å². The molecule has 0 fully saturated rings. The Morgan fingerprint density at radius 3 is 1.12 bits per heavy atom. The molecule has 8 heteroatoms. The summed E-state index contributed by atoms with van der Waals surface area (Å²) in [6.07, 6.45) is 20.2. The Bertz CT molecular complexity index is 327. The number of hydrogen-bond donors (Lipinski definition) is 4. The van der Waals surface area contributed by atoms with Crippen molar-refractivity contribution in [3.8, 4) is 0 Å². The van der Waals surface area contributed by atoms with E-state index in [4.69, 9.17) is 24.4 Å². The molecule has 0 atom stereocenters. The van der Waals surface area contributed by atoms with Gasteiger partial charge in [-0.2, -0.15) is 0 Å². The second kappa shape index (κ2) is 23.9. The Morgan fingerprint density at radius 1 is 0.654 bits per heavy atom. The molecule has 26 heavy (non-hydrogen) atoms. The van der Waals surface area contributed by atoms with Gasteiger partial charge < -0.3 is 19.8 Å². The van der Waals surface area contributed by atoms with Crippen molar-refractivity contribution in [2.75, 3.05) is 0 Å². The molecule has 0 radical (unpaired) electrons. The van der Waals surface area contributed by atoms with E-state index >= 15 is 0 Å². The van der Waals surface area contributed by atoms with Crippen LogP contribution >= 0.6 is 7.82 Å². The van der Waals surface area contributed by atoms with Gasteiger partial charge in [0.1, 0.15) is 0 Å². The van der Waals surface area contributed by atoms with Crippen LogP contribution in [0.3, 0.4) is 0 Å². The van der Waals surface area contributed by atoms with E-state index in [2.05, 4.69) is 6.92 Å². The molecule has 0 bridgehead atoms. The molecular weight excluding hydrogens is 383 g/mol. The summed E-state index contributed by atoms with van der Waals surface area (Å²) in [7, 11) is -4.64. The Balaban J connectivity index is -0.000000772.